The van der Waals surface area contributed by atoms with Gasteiger partial charge < -0.3 is 14.2 Å². The molecular weight excluding hydrogens is 272 g/mol. The molecule has 0 aromatic heterocycles. The van der Waals surface area contributed by atoms with Crippen LogP contribution in [0.15, 0.2) is 24.3 Å². The van der Waals surface area contributed by atoms with Crippen LogP contribution in [0.2, 0.25) is 0 Å². The lowest BCUT2D eigenvalue weighted by Crippen LogP contribution is -2.06. The molecule has 0 heterocycles. The predicted molar refractivity (Wildman–Crippen MR) is 79.5 cm³/mol. The number of rotatable bonds is 8. The highest BCUT2D eigenvalue weighted by Gasteiger charge is 2.06. The number of esters is 1. The summed E-state index contributed by atoms with van der Waals surface area (Å²) in [5, 5.41) is 0. The van der Waals surface area contributed by atoms with E-state index in [0.717, 1.165) is 5.56 Å². The Morgan fingerprint density at radius 2 is 1.81 bits per heavy atom. The van der Waals surface area contributed by atoms with Crippen LogP contribution >= 0.6 is 0 Å². The summed E-state index contributed by atoms with van der Waals surface area (Å²) in [5.74, 6) is 0.741. The quantitative estimate of drug-likeness (QED) is 0.544. The molecule has 114 valence electrons. The third kappa shape index (κ3) is 5.69. The summed E-state index contributed by atoms with van der Waals surface area (Å²) < 4.78 is 15.1. The van der Waals surface area contributed by atoms with Gasteiger partial charge in [0.25, 0.3) is 0 Å². The molecule has 5 nitrogen and oxygen atoms in total. The van der Waals surface area contributed by atoms with Crippen LogP contribution in [0.4, 0.5) is 0 Å². The van der Waals surface area contributed by atoms with Crippen molar-refractivity contribution in [1.29, 1.82) is 0 Å². The second kappa shape index (κ2) is 8.79. The van der Waals surface area contributed by atoms with Crippen molar-refractivity contribution in [2.75, 3.05) is 20.8 Å². The van der Waals surface area contributed by atoms with Gasteiger partial charge in [0.2, 0.25) is 0 Å². The van der Waals surface area contributed by atoms with E-state index in [1.807, 2.05) is 6.07 Å². The molecule has 1 rings (SSSR count). The molecule has 0 N–H and O–H groups in total. The predicted octanol–water partition coefficient (Wildman–Crippen LogP) is 2.63. The smallest absolute Gasteiger partial charge is 0.306 e. The Morgan fingerprint density at radius 3 is 2.43 bits per heavy atom. The zero-order valence-electron chi connectivity index (χ0n) is 12.5. The zero-order valence-corrected chi connectivity index (χ0v) is 12.5. The van der Waals surface area contributed by atoms with Crippen LogP contribution in [0.25, 0.3) is 6.08 Å². The summed E-state index contributed by atoms with van der Waals surface area (Å²) in [7, 11) is 3.11. The maximum atomic E-state index is 11.7. The van der Waals surface area contributed by atoms with E-state index >= 15 is 0 Å². The summed E-state index contributed by atoms with van der Waals surface area (Å²) in [4.78, 5) is 22.8. The summed E-state index contributed by atoms with van der Waals surface area (Å²) in [6.07, 6.45) is 3.36. The summed E-state index contributed by atoms with van der Waals surface area (Å²) in [6, 6.07) is 5.35. The van der Waals surface area contributed by atoms with Crippen molar-refractivity contribution in [3.63, 3.8) is 0 Å². The maximum absolute atomic E-state index is 11.7. The van der Waals surface area contributed by atoms with Crippen LogP contribution in [0, 0.1) is 0 Å². The number of ketones is 1. The molecule has 0 aliphatic rings. The minimum absolute atomic E-state index is 0.100. The van der Waals surface area contributed by atoms with Gasteiger partial charge in [0.15, 0.2) is 17.3 Å². The second-order valence-corrected chi connectivity index (χ2v) is 4.22. The molecule has 0 saturated carbocycles. The topological polar surface area (TPSA) is 61.8 Å². The van der Waals surface area contributed by atoms with Gasteiger partial charge in [-0.15, -0.1) is 0 Å². The van der Waals surface area contributed by atoms with Crippen molar-refractivity contribution in [2.45, 2.75) is 19.8 Å². The Hall–Kier alpha value is -2.30. The number of carbonyl (C=O) groups is 2. The lowest BCUT2D eigenvalue weighted by atomic mass is 10.1. The van der Waals surface area contributed by atoms with E-state index in [4.69, 9.17) is 14.2 Å². The van der Waals surface area contributed by atoms with Crippen LogP contribution in [0.5, 0.6) is 11.5 Å². The highest BCUT2D eigenvalue weighted by Crippen LogP contribution is 2.27. The van der Waals surface area contributed by atoms with E-state index in [2.05, 4.69) is 0 Å². The highest BCUT2D eigenvalue weighted by molar-refractivity contribution is 5.95. The number of hydrogen-bond acceptors (Lipinski definition) is 5. The number of methoxy groups -OCH3 is 2. The van der Waals surface area contributed by atoms with Crippen molar-refractivity contribution in [2.24, 2.45) is 0 Å². The first kappa shape index (κ1) is 16.8. The van der Waals surface area contributed by atoms with E-state index in [-0.39, 0.29) is 24.6 Å². The van der Waals surface area contributed by atoms with E-state index in [1.165, 1.54) is 6.08 Å². The third-order valence-electron chi connectivity index (χ3n) is 2.75. The second-order valence-electron chi connectivity index (χ2n) is 4.22. The molecule has 0 saturated heterocycles. The monoisotopic (exact) mass is 292 g/mol. The van der Waals surface area contributed by atoms with Crippen molar-refractivity contribution in [3.8, 4) is 11.5 Å². The molecule has 0 unspecified atom stereocenters. The number of carbonyl (C=O) groups excluding carboxylic acids is 2. The van der Waals surface area contributed by atoms with Crippen LogP contribution < -0.4 is 9.47 Å². The first-order chi connectivity index (χ1) is 10.1. The van der Waals surface area contributed by atoms with Crippen LogP contribution in [0.3, 0.4) is 0 Å². The zero-order chi connectivity index (χ0) is 15.7. The number of hydrogen-bond donors (Lipinski definition) is 0. The lowest BCUT2D eigenvalue weighted by Gasteiger charge is -2.07. The lowest BCUT2D eigenvalue weighted by molar-refractivity contribution is -0.144. The molecule has 0 bridgehead atoms. The number of benzene rings is 1. The minimum atomic E-state index is -0.356. The van der Waals surface area contributed by atoms with Gasteiger partial charge in [0, 0.05) is 6.42 Å². The average molecular weight is 292 g/mol. The van der Waals surface area contributed by atoms with Crippen molar-refractivity contribution in [1.82, 2.24) is 0 Å². The molecule has 0 aliphatic carbocycles. The van der Waals surface area contributed by atoms with Crippen LogP contribution in [-0.2, 0) is 14.3 Å². The van der Waals surface area contributed by atoms with E-state index in [0.29, 0.717) is 18.1 Å². The fourth-order valence-electron chi connectivity index (χ4n) is 1.69. The summed E-state index contributed by atoms with van der Waals surface area (Å²) in [6.45, 7) is 2.06. The van der Waals surface area contributed by atoms with Crippen LogP contribution in [-0.4, -0.2) is 32.6 Å². The molecule has 0 aliphatic heterocycles. The van der Waals surface area contributed by atoms with E-state index in [1.54, 1.807) is 39.4 Å². The van der Waals surface area contributed by atoms with Gasteiger partial charge in [-0.3, -0.25) is 9.59 Å². The Labute approximate surface area is 124 Å². The van der Waals surface area contributed by atoms with Gasteiger partial charge >= 0.3 is 5.97 Å². The standard InChI is InChI=1S/C16H20O5/c1-4-21-16(18)10-8-13(17)7-5-12-6-9-14(19-2)15(11-12)20-3/h5-7,9,11H,4,8,10H2,1-3H3/b7-5+. The van der Waals surface area contributed by atoms with Gasteiger partial charge in [-0.05, 0) is 30.7 Å². The molecule has 0 atom stereocenters. The minimum Gasteiger partial charge on any atom is -0.493 e. The molecule has 0 fully saturated rings. The fraction of sp³-hybridized carbons (Fsp3) is 0.375. The van der Waals surface area contributed by atoms with Gasteiger partial charge in [-0.1, -0.05) is 12.1 Å². The highest BCUT2D eigenvalue weighted by atomic mass is 16.5. The van der Waals surface area contributed by atoms with Crippen molar-refractivity contribution in [3.05, 3.63) is 29.8 Å². The van der Waals surface area contributed by atoms with E-state index in [9.17, 15) is 9.59 Å². The van der Waals surface area contributed by atoms with Gasteiger partial charge in [-0.25, -0.2) is 0 Å². The maximum Gasteiger partial charge on any atom is 0.306 e. The summed E-state index contributed by atoms with van der Waals surface area (Å²) in [5.41, 5.74) is 0.817. The number of ether oxygens (including phenoxy) is 3. The largest absolute Gasteiger partial charge is 0.493 e. The SMILES string of the molecule is CCOC(=O)CCC(=O)/C=C/c1ccc(OC)c(OC)c1. The molecule has 5 heteroatoms. The molecule has 21 heavy (non-hydrogen) atoms. The fourth-order valence-corrected chi connectivity index (χ4v) is 1.69. The number of allylic oxidation sites excluding steroid dienone is 1. The Bertz CT molecular complexity index is 519. The molecule has 0 spiro atoms. The molecule has 1 aromatic rings. The molecule has 1 aromatic carbocycles. The van der Waals surface area contributed by atoms with Crippen molar-refractivity contribution >= 4 is 17.8 Å². The average Bonchev–Trinajstić information content (AvgIpc) is 2.50. The normalized spacial score (nSPS) is 10.4. The first-order valence-corrected chi connectivity index (χ1v) is 6.69. The third-order valence-corrected chi connectivity index (χ3v) is 2.75. The molecular formula is C16H20O5. The molecule has 0 amide bonds. The van der Waals surface area contributed by atoms with Gasteiger partial charge in [0.1, 0.15) is 0 Å². The Balaban J connectivity index is 2.59. The first-order valence-electron chi connectivity index (χ1n) is 6.69. The van der Waals surface area contributed by atoms with Gasteiger partial charge in [-0.2, -0.15) is 0 Å². The summed E-state index contributed by atoms with van der Waals surface area (Å²) >= 11 is 0. The Morgan fingerprint density at radius 1 is 1.10 bits per heavy atom. The van der Waals surface area contributed by atoms with Crippen LogP contribution in [0.1, 0.15) is 25.3 Å². The molecule has 0 radical (unpaired) electrons. The van der Waals surface area contributed by atoms with Gasteiger partial charge in [0.05, 0.1) is 27.2 Å². The Kier molecular flexibility index (Phi) is 7.01. The van der Waals surface area contributed by atoms with Crippen molar-refractivity contribution < 1.29 is 23.8 Å². The van der Waals surface area contributed by atoms with E-state index < -0.39 is 0 Å².